The molecule has 0 fully saturated rings. The van der Waals surface area contributed by atoms with Crippen LogP contribution in [0.2, 0.25) is 0 Å². The molecule has 21 heavy (non-hydrogen) atoms. The van der Waals surface area contributed by atoms with Crippen LogP contribution >= 0.6 is 0 Å². The van der Waals surface area contributed by atoms with E-state index in [1.54, 1.807) is 7.05 Å². The summed E-state index contributed by atoms with van der Waals surface area (Å²) in [4.78, 5) is 15.3. The monoisotopic (exact) mass is 310 g/mol. The molecule has 0 saturated heterocycles. The van der Waals surface area contributed by atoms with Gasteiger partial charge in [0.25, 0.3) is 0 Å². The number of carbonyl (C=O) groups is 1. The summed E-state index contributed by atoms with van der Waals surface area (Å²) in [5.41, 5.74) is 0.398. The van der Waals surface area contributed by atoms with E-state index in [9.17, 15) is 18.3 Å². The quantitative estimate of drug-likeness (QED) is 0.824. The molecule has 0 aromatic carbocycles. The largest absolute Gasteiger partial charge is 0.479 e. The summed E-state index contributed by atoms with van der Waals surface area (Å²) >= 11 is 0. The fourth-order valence-corrected chi connectivity index (χ4v) is 2.60. The van der Waals surface area contributed by atoms with Gasteiger partial charge in [-0.2, -0.15) is 5.10 Å². The van der Waals surface area contributed by atoms with E-state index in [1.165, 1.54) is 35.4 Å². The fraction of sp³-hybridized carbons (Fsp3) is 0.250. The van der Waals surface area contributed by atoms with E-state index >= 15 is 0 Å². The second kappa shape index (κ2) is 5.52. The number of anilines is 1. The van der Waals surface area contributed by atoms with Crippen molar-refractivity contribution in [3.63, 3.8) is 0 Å². The van der Waals surface area contributed by atoms with Crippen LogP contribution in [0.15, 0.2) is 35.6 Å². The standard InChI is InChI=1S/C12H14N4O4S/c1-16-7-8(6-14-16)10(12(17)18)15-11-9(21(2,19)20)4-3-5-13-11/h3-7,10H,1-2H3,(H,13,15)(H,17,18). The first-order valence-electron chi connectivity index (χ1n) is 5.92. The third-order valence-corrected chi connectivity index (χ3v) is 3.88. The van der Waals surface area contributed by atoms with E-state index < -0.39 is 21.8 Å². The number of aliphatic carboxylic acids is 1. The van der Waals surface area contributed by atoms with Gasteiger partial charge in [0.05, 0.1) is 6.20 Å². The number of nitrogens with one attached hydrogen (secondary N) is 1. The molecule has 112 valence electrons. The van der Waals surface area contributed by atoms with Crippen molar-refractivity contribution < 1.29 is 18.3 Å². The van der Waals surface area contributed by atoms with Crippen LogP contribution in [-0.2, 0) is 21.7 Å². The second-order valence-corrected chi connectivity index (χ2v) is 6.47. The molecule has 0 saturated carbocycles. The molecule has 2 N–H and O–H groups in total. The normalized spacial score (nSPS) is 12.9. The number of hydrogen-bond donors (Lipinski definition) is 2. The van der Waals surface area contributed by atoms with Crippen molar-refractivity contribution in [2.24, 2.45) is 7.05 Å². The zero-order chi connectivity index (χ0) is 15.6. The molecule has 0 radical (unpaired) electrons. The van der Waals surface area contributed by atoms with Crippen molar-refractivity contribution in [1.82, 2.24) is 14.8 Å². The molecule has 0 aliphatic carbocycles. The van der Waals surface area contributed by atoms with E-state index in [-0.39, 0.29) is 10.7 Å². The summed E-state index contributed by atoms with van der Waals surface area (Å²) in [6.45, 7) is 0. The van der Waals surface area contributed by atoms with Crippen LogP contribution in [0, 0.1) is 0 Å². The number of hydrogen-bond acceptors (Lipinski definition) is 6. The van der Waals surface area contributed by atoms with Gasteiger partial charge in [0.2, 0.25) is 0 Å². The number of sulfone groups is 1. The average Bonchev–Trinajstić information content (AvgIpc) is 2.81. The zero-order valence-corrected chi connectivity index (χ0v) is 12.2. The molecule has 1 atom stereocenters. The molecule has 2 rings (SSSR count). The van der Waals surface area contributed by atoms with Gasteiger partial charge in [0, 0.05) is 31.3 Å². The molecule has 0 aliphatic rings. The number of pyridine rings is 1. The van der Waals surface area contributed by atoms with Gasteiger partial charge in [0.15, 0.2) is 15.9 Å². The molecule has 0 aliphatic heterocycles. The van der Waals surface area contributed by atoms with Crippen LogP contribution < -0.4 is 5.32 Å². The Morgan fingerprint density at radius 3 is 2.71 bits per heavy atom. The molecular formula is C12H14N4O4S. The Labute approximate surface area is 121 Å². The summed E-state index contributed by atoms with van der Waals surface area (Å²) in [6, 6.07) is 1.70. The van der Waals surface area contributed by atoms with Crippen molar-refractivity contribution in [1.29, 1.82) is 0 Å². The SMILES string of the molecule is Cn1cc(C(Nc2ncccc2S(C)(=O)=O)C(=O)O)cn1. The maximum atomic E-state index is 11.7. The van der Waals surface area contributed by atoms with Crippen molar-refractivity contribution in [3.05, 3.63) is 36.3 Å². The first-order chi connectivity index (χ1) is 9.79. The first-order valence-corrected chi connectivity index (χ1v) is 7.81. The van der Waals surface area contributed by atoms with Gasteiger partial charge in [-0.05, 0) is 12.1 Å². The van der Waals surface area contributed by atoms with Crippen molar-refractivity contribution >= 4 is 21.6 Å². The maximum Gasteiger partial charge on any atom is 0.330 e. The van der Waals surface area contributed by atoms with Crippen molar-refractivity contribution in [2.75, 3.05) is 11.6 Å². The highest BCUT2D eigenvalue weighted by Gasteiger charge is 2.24. The minimum atomic E-state index is -3.52. The Hall–Kier alpha value is -2.42. The fourth-order valence-electron chi connectivity index (χ4n) is 1.81. The predicted molar refractivity (Wildman–Crippen MR) is 74.6 cm³/mol. The molecule has 8 nitrogen and oxygen atoms in total. The Kier molecular flexibility index (Phi) is 3.94. The van der Waals surface area contributed by atoms with Gasteiger partial charge in [-0.3, -0.25) is 4.68 Å². The zero-order valence-electron chi connectivity index (χ0n) is 11.4. The van der Waals surface area contributed by atoms with E-state index in [0.29, 0.717) is 5.56 Å². The lowest BCUT2D eigenvalue weighted by molar-refractivity contribution is -0.138. The highest BCUT2D eigenvalue weighted by Crippen LogP contribution is 2.23. The molecule has 2 aromatic rings. The molecule has 2 heterocycles. The van der Waals surface area contributed by atoms with Crippen molar-refractivity contribution in [2.45, 2.75) is 10.9 Å². The average molecular weight is 310 g/mol. The third kappa shape index (κ3) is 3.37. The molecule has 0 spiro atoms. The topological polar surface area (TPSA) is 114 Å². The van der Waals surface area contributed by atoms with Gasteiger partial charge in [-0.25, -0.2) is 18.2 Å². The van der Waals surface area contributed by atoms with E-state index in [4.69, 9.17) is 0 Å². The van der Waals surface area contributed by atoms with Gasteiger partial charge in [-0.15, -0.1) is 0 Å². The Bertz CT molecular complexity index is 769. The Morgan fingerprint density at radius 1 is 1.48 bits per heavy atom. The molecule has 1 unspecified atom stereocenters. The summed E-state index contributed by atoms with van der Waals surface area (Å²) in [5.74, 6) is -1.16. The summed E-state index contributed by atoms with van der Waals surface area (Å²) in [5, 5.41) is 15.9. The predicted octanol–water partition coefficient (Wildman–Crippen LogP) is 0.456. The summed E-state index contributed by atoms with van der Waals surface area (Å²) in [6.07, 6.45) is 5.36. The van der Waals surface area contributed by atoms with Gasteiger partial charge in [-0.1, -0.05) is 0 Å². The maximum absolute atomic E-state index is 11.7. The van der Waals surface area contributed by atoms with Gasteiger partial charge in [0.1, 0.15) is 10.7 Å². The van der Waals surface area contributed by atoms with Crippen molar-refractivity contribution in [3.8, 4) is 0 Å². The smallest absolute Gasteiger partial charge is 0.330 e. The third-order valence-electron chi connectivity index (χ3n) is 2.76. The van der Waals surface area contributed by atoms with Crippen LogP contribution in [-0.4, -0.2) is 40.5 Å². The summed E-state index contributed by atoms with van der Waals surface area (Å²) in [7, 11) is -1.86. The van der Waals surface area contributed by atoms with E-state index in [0.717, 1.165) is 6.26 Å². The highest BCUT2D eigenvalue weighted by atomic mass is 32.2. The lowest BCUT2D eigenvalue weighted by Crippen LogP contribution is -2.22. The molecular weight excluding hydrogens is 296 g/mol. The molecule has 0 amide bonds. The minimum absolute atomic E-state index is 0.00347. The van der Waals surface area contributed by atoms with Crippen LogP contribution in [0.4, 0.5) is 5.82 Å². The Balaban J connectivity index is 2.41. The van der Waals surface area contributed by atoms with Crippen LogP contribution in [0.1, 0.15) is 11.6 Å². The lowest BCUT2D eigenvalue weighted by Gasteiger charge is -2.15. The summed E-state index contributed by atoms with van der Waals surface area (Å²) < 4.78 is 24.9. The van der Waals surface area contributed by atoms with Crippen LogP contribution in [0.25, 0.3) is 0 Å². The first kappa shape index (κ1) is 15.0. The lowest BCUT2D eigenvalue weighted by atomic mass is 10.1. The molecule has 9 heteroatoms. The highest BCUT2D eigenvalue weighted by molar-refractivity contribution is 7.90. The number of aryl methyl sites for hydroxylation is 1. The van der Waals surface area contributed by atoms with E-state index in [1.807, 2.05) is 0 Å². The number of aromatic nitrogens is 3. The number of carboxylic acids is 1. The number of nitrogens with zero attached hydrogens (tertiary/aromatic N) is 3. The van der Waals surface area contributed by atoms with E-state index in [2.05, 4.69) is 15.4 Å². The minimum Gasteiger partial charge on any atom is -0.479 e. The second-order valence-electron chi connectivity index (χ2n) is 4.49. The van der Waals surface area contributed by atoms with Gasteiger partial charge >= 0.3 is 5.97 Å². The molecule has 0 bridgehead atoms. The number of carboxylic acid groups (broad SMARTS) is 1. The van der Waals surface area contributed by atoms with Gasteiger partial charge < -0.3 is 10.4 Å². The van der Waals surface area contributed by atoms with Crippen LogP contribution in [0.3, 0.4) is 0 Å². The van der Waals surface area contributed by atoms with Crippen LogP contribution in [0.5, 0.6) is 0 Å². The Morgan fingerprint density at radius 2 is 2.19 bits per heavy atom. The molecule has 2 aromatic heterocycles. The number of rotatable bonds is 5.